The Labute approximate surface area is 152 Å². The van der Waals surface area contributed by atoms with Crippen LogP contribution >= 0.6 is 23.4 Å². The Morgan fingerprint density at radius 2 is 1.88 bits per heavy atom. The van der Waals surface area contributed by atoms with Gasteiger partial charge in [-0.25, -0.2) is 8.78 Å². The average Bonchev–Trinajstić information content (AvgIpc) is 2.61. The van der Waals surface area contributed by atoms with E-state index in [0.29, 0.717) is 5.02 Å². The molecule has 8 heteroatoms. The van der Waals surface area contributed by atoms with Crippen LogP contribution in [0.3, 0.4) is 0 Å². The first kappa shape index (κ1) is 19.2. The molecule has 0 aromatic heterocycles. The molecule has 2 aromatic rings. The number of amides is 2. The molecule has 2 N–H and O–H groups in total. The Bertz CT molecular complexity index is 789. The number of rotatable bonds is 6. The van der Waals surface area contributed by atoms with Gasteiger partial charge in [-0.1, -0.05) is 29.8 Å². The number of thioether (sulfide) groups is 1. The van der Waals surface area contributed by atoms with Crippen LogP contribution in [0.5, 0.6) is 0 Å². The van der Waals surface area contributed by atoms with E-state index in [1.807, 2.05) is 0 Å². The largest absolute Gasteiger partial charge is 0.357 e. The summed E-state index contributed by atoms with van der Waals surface area (Å²) in [5.41, 5.74) is 0.148. The molecule has 0 saturated carbocycles. The number of carbonyl (C=O) groups excluding carboxylic acids is 2. The van der Waals surface area contributed by atoms with Gasteiger partial charge in [0, 0.05) is 11.9 Å². The third-order valence-corrected chi connectivity index (χ3v) is 4.80. The summed E-state index contributed by atoms with van der Waals surface area (Å²) >= 11 is 7.23. The molecule has 0 heterocycles. The second-order valence-corrected chi connectivity index (χ2v) is 6.43. The van der Waals surface area contributed by atoms with Crippen molar-refractivity contribution in [3.05, 3.63) is 64.7 Å². The van der Waals surface area contributed by atoms with Crippen LogP contribution in [0, 0.1) is 11.6 Å². The van der Waals surface area contributed by atoms with Crippen LogP contribution in [-0.2, 0) is 9.59 Å². The maximum Gasteiger partial charge on any atom is 0.246 e. The van der Waals surface area contributed by atoms with Gasteiger partial charge in [-0.2, -0.15) is 0 Å². The molecular formula is C17H15ClF2N2O2S. The molecule has 25 heavy (non-hydrogen) atoms. The molecule has 132 valence electrons. The van der Waals surface area contributed by atoms with E-state index in [9.17, 15) is 18.4 Å². The van der Waals surface area contributed by atoms with Crippen molar-refractivity contribution in [2.45, 2.75) is 10.9 Å². The summed E-state index contributed by atoms with van der Waals surface area (Å²) in [6.07, 6.45) is 0. The van der Waals surface area contributed by atoms with Crippen molar-refractivity contribution < 1.29 is 18.4 Å². The van der Waals surface area contributed by atoms with E-state index < -0.39 is 29.5 Å². The Balaban J connectivity index is 2.08. The molecule has 1 atom stereocenters. The molecule has 0 bridgehead atoms. The quantitative estimate of drug-likeness (QED) is 0.751. The number of nitrogens with one attached hydrogen (secondary N) is 2. The second-order valence-electron chi connectivity index (χ2n) is 5.01. The topological polar surface area (TPSA) is 58.2 Å². The first-order valence-electron chi connectivity index (χ1n) is 7.25. The highest BCUT2D eigenvalue weighted by Crippen LogP contribution is 2.26. The summed E-state index contributed by atoms with van der Waals surface area (Å²) in [6.45, 7) is 0. The van der Waals surface area contributed by atoms with Crippen LogP contribution in [-0.4, -0.2) is 24.6 Å². The fourth-order valence-electron chi connectivity index (χ4n) is 2.04. The zero-order chi connectivity index (χ0) is 18.4. The highest BCUT2D eigenvalue weighted by Gasteiger charge is 2.23. The molecule has 0 saturated heterocycles. The molecule has 0 aliphatic heterocycles. The van der Waals surface area contributed by atoms with Gasteiger partial charge in [-0.15, -0.1) is 11.8 Å². The van der Waals surface area contributed by atoms with Gasteiger partial charge in [-0.3, -0.25) is 9.59 Å². The van der Waals surface area contributed by atoms with E-state index in [4.69, 9.17) is 11.6 Å². The zero-order valence-electron chi connectivity index (χ0n) is 13.2. The summed E-state index contributed by atoms with van der Waals surface area (Å²) in [5, 5.41) is 5.42. The lowest BCUT2D eigenvalue weighted by atomic mass is 10.1. The van der Waals surface area contributed by atoms with Crippen LogP contribution in [0.15, 0.2) is 47.4 Å². The van der Waals surface area contributed by atoms with E-state index in [1.165, 1.54) is 24.9 Å². The van der Waals surface area contributed by atoms with Gasteiger partial charge in [0.15, 0.2) is 11.6 Å². The van der Waals surface area contributed by atoms with Gasteiger partial charge in [0.1, 0.15) is 6.04 Å². The van der Waals surface area contributed by atoms with E-state index in [0.717, 1.165) is 17.0 Å². The summed E-state index contributed by atoms with van der Waals surface area (Å²) < 4.78 is 26.5. The van der Waals surface area contributed by atoms with Crippen LogP contribution in [0.2, 0.25) is 5.02 Å². The summed E-state index contributed by atoms with van der Waals surface area (Å²) in [7, 11) is 1.39. The van der Waals surface area contributed by atoms with Gasteiger partial charge < -0.3 is 10.6 Å². The van der Waals surface area contributed by atoms with Gasteiger partial charge in [-0.05, 0) is 29.8 Å². The summed E-state index contributed by atoms with van der Waals surface area (Å²) in [6, 6.07) is 8.96. The number of carbonyl (C=O) groups is 2. The molecule has 0 spiro atoms. The molecule has 2 amide bonds. The fourth-order valence-corrected chi connectivity index (χ4v) is 3.09. The lowest BCUT2D eigenvalue weighted by Crippen LogP contribution is -2.39. The number of hydrogen-bond donors (Lipinski definition) is 2. The first-order chi connectivity index (χ1) is 11.9. The monoisotopic (exact) mass is 384 g/mol. The van der Waals surface area contributed by atoms with Gasteiger partial charge in [0.2, 0.25) is 11.8 Å². The first-order valence-corrected chi connectivity index (χ1v) is 8.62. The molecule has 4 nitrogen and oxygen atoms in total. The standard InChI is InChI=1S/C17H15ClF2N2O2S/c1-21-17(24)16(10-6-7-12(19)13(20)8-10)22-15(23)9-25-14-5-3-2-4-11(14)18/h2-8,16H,9H2,1H3,(H,21,24)(H,22,23). The Hall–Kier alpha value is -2.12. The molecule has 2 rings (SSSR count). The Kier molecular flexibility index (Phi) is 6.78. The van der Waals surface area contributed by atoms with E-state index in [2.05, 4.69) is 10.6 Å². The SMILES string of the molecule is CNC(=O)C(NC(=O)CSc1ccccc1Cl)c1ccc(F)c(F)c1. The predicted molar refractivity (Wildman–Crippen MR) is 93.5 cm³/mol. The predicted octanol–water partition coefficient (Wildman–Crippen LogP) is 3.31. The molecule has 0 fully saturated rings. The lowest BCUT2D eigenvalue weighted by Gasteiger charge is -2.18. The molecule has 0 radical (unpaired) electrons. The van der Waals surface area contributed by atoms with Gasteiger partial charge in [0.05, 0.1) is 10.8 Å². The van der Waals surface area contributed by atoms with E-state index in [1.54, 1.807) is 24.3 Å². The van der Waals surface area contributed by atoms with Gasteiger partial charge >= 0.3 is 0 Å². The van der Waals surface area contributed by atoms with Crippen LogP contribution in [0.4, 0.5) is 8.78 Å². The minimum Gasteiger partial charge on any atom is -0.357 e. The third kappa shape index (κ3) is 5.17. The fraction of sp³-hybridized carbons (Fsp3) is 0.176. The van der Waals surface area contributed by atoms with Crippen molar-refractivity contribution in [2.75, 3.05) is 12.8 Å². The van der Waals surface area contributed by atoms with E-state index in [-0.39, 0.29) is 11.3 Å². The number of halogens is 3. The Morgan fingerprint density at radius 1 is 1.16 bits per heavy atom. The summed E-state index contributed by atoms with van der Waals surface area (Å²) in [5.74, 6) is -3.09. The number of hydrogen-bond acceptors (Lipinski definition) is 3. The molecule has 1 unspecified atom stereocenters. The van der Waals surface area contributed by atoms with Crippen molar-refractivity contribution in [2.24, 2.45) is 0 Å². The second kappa shape index (κ2) is 8.82. The van der Waals surface area contributed by atoms with Crippen molar-refractivity contribution in [1.29, 1.82) is 0 Å². The number of likely N-dealkylation sites (N-methyl/N-ethyl adjacent to an activating group) is 1. The minimum atomic E-state index is -1.13. The zero-order valence-corrected chi connectivity index (χ0v) is 14.8. The minimum absolute atomic E-state index is 0.0148. The normalized spacial score (nSPS) is 11.7. The summed E-state index contributed by atoms with van der Waals surface area (Å²) in [4.78, 5) is 24.9. The highest BCUT2D eigenvalue weighted by molar-refractivity contribution is 8.00. The molecular weight excluding hydrogens is 370 g/mol. The average molecular weight is 385 g/mol. The number of benzene rings is 2. The maximum absolute atomic E-state index is 13.4. The van der Waals surface area contributed by atoms with E-state index >= 15 is 0 Å². The Morgan fingerprint density at radius 3 is 2.52 bits per heavy atom. The van der Waals surface area contributed by atoms with Crippen molar-refractivity contribution >= 4 is 35.2 Å². The lowest BCUT2D eigenvalue weighted by molar-refractivity contribution is -0.127. The maximum atomic E-state index is 13.4. The van der Waals surface area contributed by atoms with Crippen LogP contribution < -0.4 is 10.6 Å². The highest BCUT2D eigenvalue weighted by atomic mass is 35.5. The smallest absolute Gasteiger partial charge is 0.246 e. The molecule has 2 aromatic carbocycles. The van der Waals surface area contributed by atoms with Crippen LogP contribution in [0.1, 0.15) is 11.6 Å². The van der Waals surface area contributed by atoms with Crippen LogP contribution in [0.25, 0.3) is 0 Å². The van der Waals surface area contributed by atoms with Gasteiger partial charge in [0.25, 0.3) is 0 Å². The van der Waals surface area contributed by atoms with Crippen molar-refractivity contribution in [3.8, 4) is 0 Å². The third-order valence-electron chi connectivity index (χ3n) is 3.29. The molecule has 0 aliphatic carbocycles. The van der Waals surface area contributed by atoms with Crippen molar-refractivity contribution in [3.63, 3.8) is 0 Å². The van der Waals surface area contributed by atoms with Crippen molar-refractivity contribution in [1.82, 2.24) is 10.6 Å². The molecule has 0 aliphatic rings.